The lowest BCUT2D eigenvalue weighted by Crippen LogP contribution is -2.38. The zero-order chi connectivity index (χ0) is 21.6. The molecule has 12 heteroatoms. The number of hydrogen-bond donors (Lipinski definition) is 0. The third-order valence-corrected chi connectivity index (χ3v) is 4.65. The topological polar surface area (TPSA) is 73.1 Å². The summed E-state index contributed by atoms with van der Waals surface area (Å²) >= 11 is 0. The molecular formula is C18H14F5N5O2. The molecule has 158 valence electrons. The molecule has 0 N–H and O–H groups in total. The van der Waals surface area contributed by atoms with Crippen LogP contribution in [-0.4, -0.2) is 45.8 Å². The lowest BCUT2D eigenvalue weighted by molar-refractivity contribution is -0.147. The minimum Gasteiger partial charge on any atom is -0.378 e. The van der Waals surface area contributed by atoms with Crippen molar-refractivity contribution in [1.82, 2.24) is 19.5 Å². The molecule has 3 aromatic rings. The van der Waals surface area contributed by atoms with E-state index in [1.165, 1.54) is 0 Å². The minimum absolute atomic E-state index is 0.0168. The van der Waals surface area contributed by atoms with Crippen LogP contribution in [0.3, 0.4) is 0 Å². The Bertz CT molecular complexity index is 1190. The van der Waals surface area contributed by atoms with Crippen LogP contribution in [0.5, 0.6) is 0 Å². The monoisotopic (exact) mass is 427 g/mol. The fraction of sp³-hybridized carbons (Fsp3) is 0.333. The van der Waals surface area contributed by atoms with Gasteiger partial charge in [0.1, 0.15) is 22.8 Å². The molecule has 1 aliphatic rings. The van der Waals surface area contributed by atoms with E-state index in [2.05, 4.69) is 15.0 Å². The van der Waals surface area contributed by atoms with E-state index in [0.717, 1.165) is 19.2 Å². The smallest absolute Gasteiger partial charge is 0.378 e. The molecule has 30 heavy (non-hydrogen) atoms. The Morgan fingerprint density at radius 2 is 1.73 bits per heavy atom. The number of aromatic nitrogens is 4. The lowest BCUT2D eigenvalue weighted by Gasteiger charge is -2.27. The van der Waals surface area contributed by atoms with Gasteiger partial charge in [0.2, 0.25) is 11.8 Å². The Labute approximate surface area is 165 Å². The molecule has 0 unspecified atom stereocenters. The van der Waals surface area contributed by atoms with E-state index in [9.17, 15) is 26.7 Å². The number of benzene rings is 1. The summed E-state index contributed by atoms with van der Waals surface area (Å²) in [6.45, 7) is 1.44. The zero-order valence-corrected chi connectivity index (χ0v) is 15.5. The van der Waals surface area contributed by atoms with Crippen molar-refractivity contribution in [1.29, 1.82) is 0 Å². The van der Waals surface area contributed by atoms with E-state index in [4.69, 9.17) is 4.74 Å². The number of fused-ring (bicyclic) bond motifs is 1. The molecule has 0 atom stereocenters. The number of ether oxygens (including phenoxy) is 1. The SMILES string of the molecule is Cn1c(C(F)(F)F)nc2c(-c3ccc(F)cc3F)nc(N3CCOCC3)nc2c1=O. The highest BCUT2D eigenvalue weighted by molar-refractivity contribution is 5.89. The molecule has 0 bridgehead atoms. The van der Waals surface area contributed by atoms with Gasteiger partial charge in [0, 0.05) is 31.8 Å². The number of hydrogen-bond acceptors (Lipinski definition) is 6. The zero-order valence-electron chi connectivity index (χ0n) is 15.5. The normalized spacial score (nSPS) is 15.1. The van der Waals surface area contributed by atoms with Crippen LogP contribution in [-0.2, 0) is 18.0 Å². The molecule has 1 saturated heterocycles. The van der Waals surface area contributed by atoms with E-state index >= 15 is 0 Å². The lowest BCUT2D eigenvalue weighted by atomic mass is 10.1. The van der Waals surface area contributed by atoms with Crippen LogP contribution in [0.25, 0.3) is 22.3 Å². The first-order chi connectivity index (χ1) is 14.2. The Morgan fingerprint density at radius 1 is 1.03 bits per heavy atom. The maximum Gasteiger partial charge on any atom is 0.449 e. The Balaban J connectivity index is 2.07. The molecule has 0 saturated carbocycles. The highest BCUT2D eigenvalue weighted by Gasteiger charge is 2.37. The van der Waals surface area contributed by atoms with Crippen LogP contribution in [0.2, 0.25) is 0 Å². The van der Waals surface area contributed by atoms with Crippen LogP contribution < -0.4 is 10.5 Å². The highest BCUT2D eigenvalue weighted by atomic mass is 19.4. The number of alkyl halides is 3. The predicted octanol–water partition coefficient (Wildman–Crippen LogP) is 2.52. The number of halogens is 5. The molecule has 0 aliphatic carbocycles. The van der Waals surface area contributed by atoms with Gasteiger partial charge in [-0.25, -0.2) is 23.7 Å². The van der Waals surface area contributed by atoms with Crippen LogP contribution in [0.1, 0.15) is 5.82 Å². The van der Waals surface area contributed by atoms with Crippen LogP contribution in [0, 0.1) is 11.6 Å². The van der Waals surface area contributed by atoms with Gasteiger partial charge in [-0.05, 0) is 12.1 Å². The Morgan fingerprint density at radius 3 is 2.37 bits per heavy atom. The van der Waals surface area contributed by atoms with Gasteiger partial charge in [-0.1, -0.05) is 0 Å². The molecule has 7 nitrogen and oxygen atoms in total. The number of anilines is 1. The van der Waals surface area contributed by atoms with E-state index < -0.39 is 40.2 Å². The molecular weight excluding hydrogens is 413 g/mol. The van der Waals surface area contributed by atoms with Gasteiger partial charge in [-0.2, -0.15) is 13.2 Å². The molecule has 0 amide bonds. The van der Waals surface area contributed by atoms with Crippen molar-refractivity contribution in [3.05, 3.63) is 46.0 Å². The van der Waals surface area contributed by atoms with Crippen LogP contribution in [0.4, 0.5) is 27.9 Å². The van der Waals surface area contributed by atoms with Gasteiger partial charge in [0.05, 0.1) is 13.2 Å². The summed E-state index contributed by atoms with van der Waals surface area (Å²) < 4.78 is 73.6. The summed E-state index contributed by atoms with van der Waals surface area (Å²) in [5.74, 6) is -3.39. The van der Waals surface area contributed by atoms with E-state index in [1.807, 2.05) is 0 Å². The van der Waals surface area contributed by atoms with Gasteiger partial charge in [-0.15, -0.1) is 0 Å². The first kappa shape index (κ1) is 20.1. The van der Waals surface area contributed by atoms with Gasteiger partial charge in [-0.3, -0.25) is 9.36 Å². The first-order valence-corrected chi connectivity index (χ1v) is 8.81. The summed E-state index contributed by atoms with van der Waals surface area (Å²) in [6.07, 6.45) is -4.94. The van der Waals surface area contributed by atoms with Gasteiger partial charge in [0.15, 0.2) is 5.52 Å². The van der Waals surface area contributed by atoms with Crippen molar-refractivity contribution in [2.45, 2.75) is 6.18 Å². The molecule has 0 radical (unpaired) electrons. The number of morpholine rings is 1. The minimum atomic E-state index is -4.94. The van der Waals surface area contributed by atoms with Crippen LogP contribution in [0.15, 0.2) is 23.0 Å². The van der Waals surface area contributed by atoms with Gasteiger partial charge < -0.3 is 9.64 Å². The number of nitrogens with zero attached hydrogens (tertiary/aromatic N) is 5. The average Bonchev–Trinajstić information content (AvgIpc) is 2.70. The summed E-state index contributed by atoms with van der Waals surface area (Å²) in [7, 11) is 0.923. The summed E-state index contributed by atoms with van der Waals surface area (Å²) in [5, 5.41) is 0. The predicted molar refractivity (Wildman–Crippen MR) is 96.0 cm³/mol. The molecule has 1 fully saturated rings. The van der Waals surface area contributed by atoms with Crippen molar-refractivity contribution in [2.75, 3.05) is 31.2 Å². The molecule has 1 aromatic carbocycles. The second-order valence-electron chi connectivity index (χ2n) is 6.59. The van der Waals surface area contributed by atoms with Crippen molar-refractivity contribution >= 4 is 17.0 Å². The van der Waals surface area contributed by atoms with Crippen molar-refractivity contribution < 1.29 is 26.7 Å². The van der Waals surface area contributed by atoms with Crippen molar-refractivity contribution in [2.24, 2.45) is 7.05 Å². The third-order valence-electron chi connectivity index (χ3n) is 4.65. The highest BCUT2D eigenvalue weighted by Crippen LogP contribution is 2.32. The quantitative estimate of drug-likeness (QED) is 0.586. The molecule has 1 aliphatic heterocycles. The summed E-state index contributed by atoms with van der Waals surface area (Å²) in [4.78, 5) is 26.2. The van der Waals surface area contributed by atoms with Crippen LogP contribution >= 0.6 is 0 Å². The standard InChI is InChI=1S/C18H14F5N5O2/c1-27-15(29)14-13(24-16(27)18(21,22)23)12(10-3-2-9(19)8-11(10)20)25-17(26-14)28-4-6-30-7-5-28/h2-3,8H,4-7H2,1H3. The fourth-order valence-electron chi connectivity index (χ4n) is 3.16. The molecule has 2 aromatic heterocycles. The summed E-state index contributed by atoms with van der Waals surface area (Å²) in [6, 6.07) is 2.54. The first-order valence-electron chi connectivity index (χ1n) is 8.81. The maximum absolute atomic E-state index is 14.5. The van der Waals surface area contributed by atoms with Crippen molar-refractivity contribution in [3.63, 3.8) is 0 Å². The second kappa shape index (κ2) is 7.27. The Kier molecular flexibility index (Phi) is 4.88. The molecule has 0 spiro atoms. The van der Waals surface area contributed by atoms with Crippen molar-refractivity contribution in [3.8, 4) is 11.3 Å². The second-order valence-corrected chi connectivity index (χ2v) is 6.59. The molecule has 4 rings (SSSR count). The largest absolute Gasteiger partial charge is 0.449 e. The molecule has 3 heterocycles. The van der Waals surface area contributed by atoms with E-state index in [1.54, 1.807) is 4.90 Å². The van der Waals surface area contributed by atoms with E-state index in [0.29, 0.717) is 36.9 Å². The summed E-state index contributed by atoms with van der Waals surface area (Å²) in [5.41, 5.74) is -2.61. The average molecular weight is 427 g/mol. The van der Waals surface area contributed by atoms with Gasteiger partial charge in [0.25, 0.3) is 5.56 Å². The van der Waals surface area contributed by atoms with Gasteiger partial charge >= 0.3 is 6.18 Å². The van der Waals surface area contributed by atoms with E-state index in [-0.39, 0.29) is 17.2 Å². The number of rotatable bonds is 2. The maximum atomic E-state index is 14.5. The fourth-order valence-corrected chi connectivity index (χ4v) is 3.16. The Hall–Kier alpha value is -3.15. The third kappa shape index (κ3) is 3.47.